The van der Waals surface area contributed by atoms with Crippen LogP contribution in [0.5, 0.6) is 5.75 Å². The molecule has 1 aliphatic carbocycles. The number of para-hydroxylation sites is 1. The van der Waals surface area contributed by atoms with Crippen LogP contribution in [0.3, 0.4) is 0 Å². The molecule has 172 valence electrons. The number of hydrogen-bond donors (Lipinski definition) is 1. The van der Waals surface area contributed by atoms with Gasteiger partial charge in [0.2, 0.25) is 5.91 Å². The third kappa shape index (κ3) is 4.37. The van der Waals surface area contributed by atoms with Crippen LogP contribution in [0, 0.1) is 0 Å². The highest BCUT2D eigenvalue weighted by molar-refractivity contribution is 5.79. The van der Waals surface area contributed by atoms with E-state index in [0.717, 1.165) is 24.0 Å². The number of ether oxygens (including phenoxy) is 1. The SMILES string of the molecule is COc1cccc(Cn2c(=O)n(-c3ccc(CC(=O)NC4CC4)cc3)c(=O)c3ccccc32)c1. The molecule has 5 rings (SSSR count). The summed E-state index contributed by atoms with van der Waals surface area (Å²) in [5.41, 5.74) is 1.95. The van der Waals surface area contributed by atoms with Gasteiger partial charge in [0.05, 0.1) is 36.7 Å². The molecule has 1 aromatic heterocycles. The molecule has 1 saturated carbocycles. The van der Waals surface area contributed by atoms with Crippen LogP contribution in [-0.2, 0) is 17.8 Å². The maximum absolute atomic E-state index is 13.6. The smallest absolute Gasteiger partial charge is 0.336 e. The van der Waals surface area contributed by atoms with Crippen molar-refractivity contribution in [2.45, 2.75) is 31.8 Å². The molecule has 4 aromatic rings. The number of carbonyl (C=O) groups excluding carboxylic acids is 1. The Labute approximate surface area is 196 Å². The molecule has 34 heavy (non-hydrogen) atoms. The number of fused-ring (bicyclic) bond motifs is 1. The lowest BCUT2D eigenvalue weighted by atomic mass is 10.1. The Morgan fingerprint density at radius 1 is 0.971 bits per heavy atom. The highest BCUT2D eigenvalue weighted by atomic mass is 16.5. The Hall–Kier alpha value is -4.13. The minimum atomic E-state index is -0.425. The summed E-state index contributed by atoms with van der Waals surface area (Å²) < 4.78 is 8.11. The van der Waals surface area contributed by atoms with E-state index in [1.54, 1.807) is 54.1 Å². The topological polar surface area (TPSA) is 82.3 Å². The van der Waals surface area contributed by atoms with Crippen molar-refractivity contribution in [2.24, 2.45) is 0 Å². The average Bonchev–Trinajstić information content (AvgIpc) is 3.67. The molecule has 0 spiro atoms. The molecular weight excluding hydrogens is 430 g/mol. The first-order valence-corrected chi connectivity index (χ1v) is 11.3. The zero-order valence-corrected chi connectivity index (χ0v) is 18.9. The first kappa shape index (κ1) is 21.7. The highest BCUT2D eigenvalue weighted by Crippen LogP contribution is 2.19. The summed E-state index contributed by atoms with van der Waals surface area (Å²) in [5, 5.41) is 3.43. The second kappa shape index (κ2) is 9.02. The van der Waals surface area contributed by atoms with Crippen LogP contribution >= 0.6 is 0 Å². The van der Waals surface area contributed by atoms with Crippen LogP contribution in [0.2, 0.25) is 0 Å². The normalized spacial score (nSPS) is 13.1. The summed E-state index contributed by atoms with van der Waals surface area (Å²) in [7, 11) is 1.60. The molecule has 0 unspecified atom stereocenters. The lowest BCUT2D eigenvalue weighted by Crippen LogP contribution is -2.39. The minimum Gasteiger partial charge on any atom is -0.497 e. The van der Waals surface area contributed by atoms with Gasteiger partial charge >= 0.3 is 5.69 Å². The van der Waals surface area contributed by atoms with Crippen LogP contribution < -0.4 is 21.3 Å². The summed E-state index contributed by atoms with van der Waals surface area (Å²) >= 11 is 0. The van der Waals surface area contributed by atoms with E-state index in [1.165, 1.54) is 4.57 Å². The molecule has 1 N–H and O–H groups in total. The molecule has 0 aliphatic heterocycles. The monoisotopic (exact) mass is 455 g/mol. The van der Waals surface area contributed by atoms with Crippen molar-refractivity contribution in [1.29, 1.82) is 0 Å². The van der Waals surface area contributed by atoms with Gasteiger partial charge < -0.3 is 10.1 Å². The van der Waals surface area contributed by atoms with Crippen LogP contribution in [0.1, 0.15) is 24.0 Å². The van der Waals surface area contributed by atoms with Gasteiger partial charge in [0.25, 0.3) is 5.56 Å². The number of methoxy groups -OCH3 is 1. The summed E-state index contributed by atoms with van der Waals surface area (Å²) in [5.74, 6) is 0.684. The fraction of sp³-hybridized carbons (Fsp3) is 0.222. The molecule has 0 saturated heterocycles. The van der Waals surface area contributed by atoms with Crippen molar-refractivity contribution in [2.75, 3.05) is 7.11 Å². The first-order valence-electron chi connectivity index (χ1n) is 11.3. The van der Waals surface area contributed by atoms with Gasteiger partial charge in [-0.1, -0.05) is 36.4 Å². The maximum atomic E-state index is 13.6. The third-order valence-electron chi connectivity index (χ3n) is 6.03. The quantitative estimate of drug-likeness (QED) is 0.464. The van der Waals surface area contributed by atoms with Gasteiger partial charge in [0.15, 0.2) is 0 Å². The second-order valence-corrected chi connectivity index (χ2v) is 8.56. The molecular formula is C27H25N3O4. The van der Waals surface area contributed by atoms with Gasteiger partial charge in [0, 0.05) is 6.04 Å². The van der Waals surface area contributed by atoms with E-state index in [4.69, 9.17) is 4.74 Å². The first-order chi connectivity index (χ1) is 16.5. The average molecular weight is 456 g/mol. The lowest BCUT2D eigenvalue weighted by Gasteiger charge is -2.15. The van der Waals surface area contributed by atoms with E-state index in [2.05, 4.69) is 5.32 Å². The van der Waals surface area contributed by atoms with Crippen LogP contribution in [-0.4, -0.2) is 28.2 Å². The van der Waals surface area contributed by atoms with E-state index < -0.39 is 5.69 Å². The third-order valence-corrected chi connectivity index (χ3v) is 6.03. The molecule has 0 bridgehead atoms. The fourth-order valence-electron chi connectivity index (χ4n) is 4.11. The number of benzene rings is 3. The number of amides is 1. The largest absolute Gasteiger partial charge is 0.497 e. The van der Waals surface area contributed by atoms with Gasteiger partial charge in [-0.15, -0.1) is 0 Å². The zero-order valence-electron chi connectivity index (χ0n) is 18.9. The Morgan fingerprint density at radius 3 is 2.47 bits per heavy atom. The maximum Gasteiger partial charge on any atom is 0.336 e. The fourth-order valence-corrected chi connectivity index (χ4v) is 4.11. The van der Waals surface area contributed by atoms with E-state index in [-0.39, 0.29) is 24.4 Å². The summed E-state index contributed by atoms with van der Waals surface area (Å²) in [6, 6.07) is 21.9. The van der Waals surface area contributed by atoms with Crippen LogP contribution in [0.4, 0.5) is 0 Å². The lowest BCUT2D eigenvalue weighted by molar-refractivity contribution is -0.120. The van der Waals surface area contributed by atoms with Gasteiger partial charge in [-0.05, 0) is 60.4 Å². The predicted molar refractivity (Wildman–Crippen MR) is 131 cm³/mol. The number of nitrogens with one attached hydrogen (secondary N) is 1. The predicted octanol–water partition coefficient (Wildman–Crippen LogP) is 3.03. The van der Waals surface area contributed by atoms with Crippen molar-refractivity contribution >= 4 is 16.8 Å². The number of aromatic nitrogens is 2. The molecule has 1 amide bonds. The second-order valence-electron chi connectivity index (χ2n) is 8.56. The molecule has 1 heterocycles. The summed E-state index contributed by atoms with van der Waals surface area (Å²) in [6.45, 7) is 0.288. The van der Waals surface area contributed by atoms with Crippen molar-refractivity contribution in [1.82, 2.24) is 14.5 Å². The molecule has 7 heteroatoms. The van der Waals surface area contributed by atoms with E-state index in [0.29, 0.717) is 28.4 Å². The number of hydrogen-bond acceptors (Lipinski definition) is 4. The molecule has 0 atom stereocenters. The Morgan fingerprint density at radius 2 is 1.74 bits per heavy atom. The Bertz CT molecular complexity index is 1480. The highest BCUT2D eigenvalue weighted by Gasteiger charge is 2.23. The van der Waals surface area contributed by atoms with E-state index >= 15 is 0 Å². The van der Waals surface area contributed by atoms with Gasteiger partial charge in [0.1, 0.15) is 5.75 Å². The standard InChI is InChI=1S/C27H25N3O4/c1-34-22-6-4-5-19(15-22)17-29-24-8-3-2-7-23(24)26(32)30(27(29)33)21-13-9-18(10-14-21)16-25(31)28-20-11-12-20/h2-10,13-15,20H,11-12,16-17H2,1H3,(H,28,31). The molecule has 0 radical (unpaired) electrons. The van der Waals surface area contributed by atoms with Crippen LogP contribution in [0.15, 0.2) is 82.4 Å². The minimum absolute atomic E-state index is 0.0150. The molecule has 1 fully saturated rings. The molecule has 7 nitrogen and oxygen atoms in total. The van der Waals surface area contributed by atoms with E-state index in [9.17, 15) is 14.4 Å². The van der Waals surface area contributed by atoms with Gasteiger partial charge in [-0.3, -0.25) is 14.2 Å². The van der Waals surface area contributed by atoms with Crippen molar-refractivity contribution in [3.63, 3.8) is 0 Å². The van der Waals surface area contributed by atoms with Crippen molar-refractivity contribution in [3.8, 4) is 11.4 Å². The zero-order chi connectivity index (χ0) is 23.7. The number of rotatable bonds is 7. The van der Waals surface area contributed by atoms with Gasteiger partial charge in [-0.25, -0.2) is 9.36 Å². The summed E-state index contributed by atoms with van der Waals surface area (Å²) in [6.07, 6.45) is 2.35. The summed E-state index contributed by atoms with van der Waals surface area (Å²) in [4.78, 5) is 39.0. The Balaban J connectivity index is 1.55. The van der Waals surface area contributed by atoms with Crippen molar-refractivity contribution in [3.05, 3.63) is 105 Å². The molecule has 1 aliphatic rings. The Kier molecular flexibility index (Phi) is 5.76. The number of carbonyl (C=O) groups is 1. The number of nitrogens with zero attached hydrogens (tertiary/aromatic N) is 2. The van der Waals surface area contributed by atoms with E-state index in [1.807, 2.05) is 30.3 Å². The van der Waals surface area contributed by atoms with Gasteiger partial charge in [-0.2, -0.15) is 0 Å². The van der Waals surface area contributed by atoms with Crippen LogP contribution in [0.25, 0.3) is 16.6 Å². The van der Waals surface area contributed by atoms with Crippen molar-refractivity contribution < 1.29 is 9.53 Å². The molecule has 3 aromatic carbocycles.